The van der Waals surface area contributed by atoms with Crippen LogP contribution in [0.5, 0.6) is 5.88 Å². The van der Waals surface area contributed by atoms with Crippen LogP contribution in [0, 0.1) is 13.8 Å². The summed E-state index contributed by atoms with van der Waals surface area (Å²) in [6.45, 7) is 6.40. The Balaban J connectivity index is 1.24. The average Bonchev–Trinajstić information content (AvgIpc) is 3.47. The molecule has 8 heteroatoms. The van der Waals surface area contributed by atoms with Gasteiger partial charge in [0.1, 0.15) is 6.10 Å². The highest BCUT2D eigenvalue weighted by Crippen LogP contribution is 2.38. The quantitative estimate of drug-likeness (QED) is 0.728. The first-order valence-corrected chi connectivity index (χ1v) is 12.1. The lowest BCUT2D eigenvalue weighted by Gasteiger charge is -2.36. The van der Waals surface area contributed by atoms with Crippen molar-refractivity contribution in [3.8, 4) is 5.88 Å². The van der Waals surface area contributed by atoms with E-state index in [2.05, 4.69) is 14.9 Å². The second-order valence-corrected chi connectivity index (χ2v) is 10.8. The van der Waals surface area contributed by atoms with Gasteiger partial charge in [-0.2, -0.15) is 4.31 Å². The normalized spacial score (nSPS) is 25.3. The van der Waals surface area contributed by atoms with Crippen molar-refractivity contribution < 1.29 is 13.2 Å². The van der Waals surface area contributed by atoms with Crippen molar-refractivity contribution in [3.63, 3.8) is 0 Å². The van der Waals surface area contributed by atoms with Gasteiger partial charge >= 0.3 is 0 Å². The van der Waals surface area contributed by atoms with Gasteiger partial charge in [-0.05, 0) is 49.9 Å². The van der Waals surface area contributed by atoms with Gasteiger partial charge in [0.05, 0.1) is 23.0 Å². The number of piperazine rings is 1. The molecule has 7 nitrogen and oxygen atoms in total. The standard InChI is InChI=1S/C22H28N4O3S/c1-15-7-16(2)9-20(8-15)30(27,28)26-6-5-25-14-19(10-18(25)13-26)29-22-12-23-21(11-24-22)17-3-4-17/h7-9,11-12,17-19H,3-6,10,13-14H2,1-2H3/t18-,19-/m0/s1. The summed E-state index contributed by atoms with van der Waals surface area (Å²) in [7, 11) is -3.49. The number of sulfonamides is 1. The molecule has 0 radical (unpaired) electrons. The van der Waals surface area contributed by atoms with E-state index in [1.165, 1.54) is 12.8 Å². The van der Waals surface area contributed by atoms with E-state index in [0.717, 1.165) is 36.3 Å². The van der Waals surface area contributed by atoms with Crippen molar-refractivity contribution in [3.05, 3.63) is 47.4 Å². The van der Waals surface area contributed by atoms with Gasteiger partial charge in [-0.1, -0.05) is 6.07 Å². The molecule has 30 heavy (non-hydrogen) atoms. The molecular weight excluding hydrogens is 400 g/mol. The van der Waals surface area contributed by atoms with Gasteiger partial charge in [0.2, 0.25) is 15.9 Å². The number of hydrogen-bond acceptors (Lipinski definition) is 6. The van der Waals surface area contributed by atoms with Gasteiger partial charge in [-0.25, -0.2) is 13.4 Å². The van der Waals surface area contributed by atoms with Gasteiger partial charge in [0.25, 0.3) is 0 Å². The fourth-order valence-electron chi connectivity index (χ4n) is 4.65. The Morgan fingerprint density at radius 1 is 1.00 bits per heavy atom. The molecule has 0 unspecified atom stereocenters. The third-order valence-electron chi connectivity index (χ3n) is 6.30. The maximum Gasteiger partial charge on any atom is 0.243 e. The van der Waals surface area contributed by atoms with Crippen LogP contribution in [0.2, 0.25) is 0 Å². The van der Waals surface area contributed by atoms with Crippen LogP contribution in [0.15, 0.2) is 35.5 Å². The molecular formula is C22H28N4O3S. The molecule has 1 aliphatic carbocycles. The lowest BCUT2D eigenvalue weighted by molar-refractivity contribution is 0.151. The second kappa shape index (κ2) is 7.59. The first kappa shape index (κ1) is 19.9. The summed E-state index contributed by atoms with van der Waals surface area (Å²) in [6, 6.07) is 5.69. The minimum atomic E-state index is -3.49. The topological polar surface area (TPSA) is 75.6 Å². The fourth-order valence-corrected chi connectivity index (χ4v) is 6.31. The molecule has 1 aromatic heterocycles. The minimum absolute atomic E-state index is 0.0138. The van der Waals surface area contributed by atoms with Crippen LogP contribution in [0.1, 0.15) is 42.0 Å². The van der Waals surface area contributed by atoms with Crippen molar-refractivity contribution in [1.82, 2.24) is 19.2 Å². The zero-order valence-electron chi connectivity index (χ0n) is 17.5. The molecule has 0 bridgehead atoms. The summed E-state index contributed by atoms with van der Waals surface area (Å²) in [5.41, 5.74) is 2.99. The number of hydrogen-bond donors (Lipinski definition) is 0. The fraction of sp³-hybridized carbons (Fsp3) is 0.545. The number of nitrogens with zero attached hydrogens (tertiary/aromatic N) is 4. The van der Waals surface area contributed by atoms with E-state index in [9.17, 15) is 8.42 Å². The number of rotatable bonds is 5. The van der Waals surface area contributed by atoms with E-state index in [-0.39, 0.29) is 12.1 Å². The molecule has 2 atom stereocenters. The van der Waals surface area contributed by atoms with E-state index < -0.39 is 10.0 Å². The lowest BCUT2D eigenvalue weighted by Crippen LogP contribution is -2.51. The summed E-state index contributed by atoms with van der Waals surface area (Å²) in [4.78, 5) is 11.6. The Hall–Kier alpha value is -2.03. The Labute approximate surface area is 178 Å². The Morgan fingerprint density at radius 2 is 1.77 bits per heavy atom. The number of ether oxygens (including phenoxy) is 1. The Bertz CT molecular complexity index is 1020. The van der Waals surface area contributed by atoms with E-state index in [1.54, 1.807) is 22.6 Å². The van der Waals surface area contributed by atoms with Crippen LogP contribution in [0.4, 0.5) is 0 Å². The molecule has 5 rings (SSSR count). The molecule has 1 aromatic carbocycles. The molecule has 2 aromatic rings. The number of benzene rings is 1. The maximum atomic E-state index is 13.2. The largest absolute Gasteiger partial charge is 0.472 e. The third kappa shape index (κ3) is 3.96. The molecule has 1 saturated carbocycles. The number of aromatic nitrogens is 2. The summed E-state index contributed by atoms with van der Waals surface area (Å²) < 4.78 is 34.1. The smallest absolute Gasteiger partial charge is 0.243 e. The highest BCUT2D eigenvalue weighted by atomic mass is 32.2. The third-order valence-corrected chi connectivity index (χ3v) is 8.15. The van der Waals surface area contributed by atoms with Gasteiger partial charge in [0, 0.05) is 44.6 Å². The summed E-state index contributed by atoms with van der Waals surface area (Å²) in [6.07, 6.45) is 6.77. The summed E-state index contributed by atoms with van der Waals surface area (Å²) in [5.74, 6) is 1.14. The SMILES string of the molecule is Cc1cc(C)cc(S(=O)(=O)N2CCN3C[C@@H](Oc4cnc(C5CC5)cn4)C[C@H]3C2)c1. The summed E-state index contributed by atoms with van der Waals surface area (Å²) in [5, 5.41) is 0. The molecule has 3 aliphatic rings. The summed E-state index contributed by atoms with van der Waals surface area (Å²) >= 11 is 0. The van der Waals surface area contributed by atoms with Gasteiger partial charge in [0.15, 0.2) is 0 Å². The molecule has 0 N–H and O–H groups in total. The number of fused-ring (bicyclic) bond motifs is 1. The first-order chi connectivity index (χ1) is 14.4. The molecule has 3 fully saturated rings. The van der Waals surface area contributed by atoms with E-state index in [4.69, 9.17) is 4.74 Å². The van der Waals surface area contributed by atoms with E-state index in [0.29, 0.717) is 29.8 Å². The maximum absolute atomic E-state index is 13.2. The monoisotopic (exact) mass is 428 g/mol. The molecule has 3 heterocycles. The predicted octanol–water partition coefficient (Wildman–Crippen LogP) is 2.50. The molecule has 160 valence electrons. The number of aryl methyl sites for hydroxylation is 2. The van der Waals surface area contributed by atoms with Gasteiger partial charge in [-0.3, -0.25) is 9.88 Å². The van der Waals surface area contributed by atoms with Crippen molar-refractivity contribution >= 4 is 10.0 Å². The highest BCUT2D eigenvalue weighted by molar-refractivity contribution is 7.89. The van der Waals surface area contributed by atoms with E-state index in [1.807, 2.05) is 26.1 Å². The van der Waals surface area contributed by atoms with Gasteiger partial charge < -0.3 is 4.74 Å². The van der Waals surface area contributed by atoms with Crippen molar-refractivity contribution in [2.24, 2.45) is 0 Å². The van der Waals surface area contributed by atoms with Crippen LogP contribution < -0.4 is 4.74 Å². The lowest BCUT2D eigenvalue weighted by atomic mass is 10.2. The first-order valence-electron chi connectivity index (χ1n) is 10.7. The molecule has 0 spiro atoms. The Morgan fingerprint density at radius 3 is 2.43 bits per heavy atom. The Kier molecular flexibility index (Phi) is 5.03. The van der Waals surface area contributed by atoms with E-state index >= 15 is 0 Å². The van der Waals surface area contributed by atoms with Crippen molar-refractivity contribution in [2.75, 3.05) is 26.2 Å². The molecule has 2 saturated heterocycles. The van der Waals surface area contributed by atoms with Crippen molar-refractivity contribution in [2.45, 2.75) is 56.1 Å². The van der Waals surface area contributed by atoms with Crippen LogP contribution in [-0.2, 0) is 10.0 Å². The minimum Gasteiger partial charge on any atom is -0.472 e. The molecule has 0 amide bonds. The predicted molar refractivity (Wildman–Crippen MR) is 113 cm³/mol. The zero-order chi connectivity index (χ0) is 20.9. The van der Waals surface area contributed by atoms with Crippen LogP contribution in [0.3, 0.4) is 0 Å². The average molecular weight is 429 g/mol. The van der Waals surface area contributed by atoms with Gasteiger partial charge in [-0.15, -0.1) is 0 Å². The molecule has 2 aliphatic heterocycles. The highest BCUT2D eigenvalue weighted by Gasteiger charge is 2.41. The van der Waals surface area contributed by atoms with Crippen LogP contribution in [-0.4, -0.2) is 65.9 Å². The second-order valence-electron chi connectivity index (χ2n) is 8.86. The van der Waals surface area contributed by atoms with Crippen LogP contribution in [0.25, 0.3) is 0 Å². The zero-order valence-corrected chi connectivity index (χ0v) is 18.3. The van der Waals surface area contributed by atoms with Crippen molar-refractivity contribution in [1.29, 1.82) is 0 Å². The van der Waals surface area contributed by atoms with Crippen LogP contribution >= 0.6 is 0 Å².